The molecule has 1 aromatic carbocycles. The summed E-state index contributed by atoms with van der Waals surface area (Å²) in [5.41, 5.74) is 0.721. The van der Waals surface area contributed by atoms with Gasteiger partial charge >= 0.3 is 0 Å². The minimum absolute atomic E-state index is 0.322. The summed E-state index contributed by atoms with van der Waals surface area (Å²) in [6.45, 7) is 0.569. The summed E-state index contributed by atoms with van der Waals surface area (Å²) in [7, 11) is 0. The van der Waals surface area contributed by atoms with Crippen molar-refractivity contribution in [3.63, 3.8) is 0 Å². The molecule has 1 N–H and O–H groups in total. The second-order valence-corrected chi connectivity index (χ2v) is 2.79. The van der Waals surface area contributed by atoms with Crippen molar-refractivity contribution >= 4 is 5.69 Å². The summed E-state index contributed by atoms with van der Waals surface area (Å²) < 4.78 is 24.7. The fraction of sp³-hybridized carbons (Fsp3) is 0.333. The Morgan fingerprint density at radius 2 is 1.83 bits per heavy atom. The zero-order valence-corrected chi connectivity index (χ0v) is 6.85. The highest BCUT2D eigenvalue weighted by molar-refractivity contribution is 5.42. The van der Waals surface area contributed by atoms with Gasteiger partial charge in [0.25, 0.3) is 5.92 Å². The Kier molecular flexibility index (Phi) is 2.63. The van der Waals surface area contributed by atoms with Gasteiger partial charge in [-0.15, -0.1) is 0 Å². The molecule has 0 aliphatic rings. The third kappa shape index (κ3) is 3.32. The molecular weight excluding hydrogens is 160 g/mol. The van der Waals surface area contributed by atoms with Gasteiger partial charge in [0, 0.05) is 12.6 Å². The van der Waals surface area contributed by atoms with Crippen LogP contribution in [0, 0.1) is 0 Å². The summed E-state index contributed by atoms with van der Waals surface area (Å²) >= 11 is 0. The molecule has 1 rings (SSSR count). The first-order valence-electron chi connectivity index (χ1n) is 3.75. The lowest BCUT2D eigenvalue weighted by Crippen LogP contribution is -2.22. The van der Waals surface area contributed by atoms with Crippen LogP contribution in [0.15, 0.2) is 30.3 Å². The Morgan fingerprint density at radius 3 is 2.33 bits per heavy atom. The van der Waals surface area contributed by atoms with E-state index in [2.05, 4.69) is 5.32 Å². The predicted octanol–water partition coefficient (Wildman–Crippen LogP) is 2.75. The van der Waals surface area contributed by atoms with Crippen molar-refractivity contribution in [2.45, 2.75) is 12.8 Å². The van der Waals surface area contributed by atoms with Crippen LogP contribution in [0.25, 0.3) is 0 Å². The first kappa shape index (κ1) is 8.97. The zero-order chi connectivity index (χ0) is 9.03. The average Bonchev–Trinajstić information content (AvgIpc) is 2.02. The number of anilines is 1. The van der Waals surface area contributed by atoms with E-state index in [9.17, 15) is 8.78 Å². The quantitative estimate of drug-likeness (QED) is 0.737. The van der Waals surface area contributed by atoms with Crippen LogP contribution >= 0.6 is 0 Å². The van der Waals surface area contributed by atoms with E-state index in [-0.39, 0.29) is 6.54 Å². The maximum absolute atomic E-state index is 12.3. The smallest absolute Gasteiger partial charge is 0.262 e. The molecule has 0 saturated heterocycles. The maximum Gasteiger partial charge on any atom is 0.262 e. The van der Waals surface area contributed by atoms with Gasteiger partial charge in [-0.2, -0.15) is 0 Å². The molecule has 0 heterocycles. The van der Waals surface area contributed by atoms with Crippen molar-refractivity contribution in [1.29, 1.82) is 0 Å². The molecule has 0 spiro atoms. The normalized spacial score (nSPS) is 11.2. The number of hydrogen-bond donors (Lipinski definition) is 1. The van der Waals surface area contributed by atoms with Crippen molar-refractivity contribution < 1.29 is 8.78 Å². The summed E-state index contributed by atoms with van der Waals surface area (Å²) in [6, 6.07) is 8.96. The molecule has 0 radical (unpaired) electrons. The number of nitrogens with one attached hydrogen (secondary N) is 1. The SMILES string of the molecule is CC(F)(F)CNc1ccccc1. The van der Waals surface area contributed by atoms with E-state index in [0.717, 1.165) is 12.6 Å². The van der Waals surface area contributed by atoms with Crippen LogP contribution in [0.4, 0.5) is 14.5 Å². The van der Waals surface area contributed by atoms with Crippen LogP contribution in [0.1, 0.15) is 6.92 Å². The van der Waals surface area contributed by atoms with Crippen LogP contribution in [-0.2, 0) is 0 Å². The van der Waals surface area contributed by atoms with Gasteiger partial charge in [-0.05, 0) is 12.1 Å². The Hall–Kier alpha value is -1.12. The van der Waals surface area contributed by atoms with Crippen LogP contribution in [0.2, 0.25) is 0 Å². The molecule has 0 fully saturated rings. The van der Waals surface area contributed by atoms with Crippen molar-refractivity contribution in [3.8, 4) is 0 Å². The molecule has 12 heavy (non-hydrogen) atoms. The zero-order valence-electron chi connectivity index (χ0n) is 6.85. The average molecular weight is 171 g/mol. The van der Waals surface area contributed by atoms with Gasteiger partial charge in [-0.3, -0.25) is 0 Å². The van der Waals surface area contributed by atoms with Crippen molar-refractivity contribution in [1.82, 2.24) is 0 Å². The second-order valence-electron chi connectivity index (χ2n) is 2.79. The predicted molar refractivity (Wildman–Crippen MR) is 45.6 cm³/mol. The number of rotatable bonds is 3. The molecular formula is C9H11F2N. The first-order chi connectivity index (χ1) is 5.58. The summed E-state index contributed by atoms with van der Waals surface area (Å²) in [4.78, 5) is 0. The molecule has 0 aliphatic heterocycles. The minimum atomic E-state index is -2.66. The molecule has 1 nitrogen and oxygen atoms in total. The van der Waals surface area contributed by atoms with Crippen LogP contribution in [-0.4, -0.2) is 12.5 Å². The van der Waals surface area contributed by atoms with Crippen LogP contribution in [0.3, 0.4) is 0 Å². The van der Waals surface area contributed by atoms with Crippen molar-refractivity contribution in [3.05, 3.63) is 30.3 Å². The lowest BCUT2D eigenvalue weighted by molar-refractivity contribution is 0.0368. The topological polar surface area (TPSA) is 12.0 Å². The van der Waals surface area contributed by atoms with Crippen molar-refractivity contribution in [2.24, 2.45) is 0 Å². The van der Waals surface area contributed by atoms with Gasteiger partial charge < -0.3 is 5.32 Å². The molecule has 0 aliphatic carbocycles. The fourth-order valence-corrected chi connectivity index (χ4v) is 0.813. The van der Waals surface area contributed by atoms with E-state index < -0.39 is 5.92 Å². The molecule has 3 heteroatoms. The summed E-state index contributed by atoms with van der Waals surface area (Å²) in [5, 5.41) is 2.63. The Bertz CT molecular complexity index is 228. The number of halogens is 2. The molecule has 66 valence electrons. The molecule has 0 amide bonds. The lowest BCUT2D eigenvalue weighted by atomic mass is 10.3. The fourth-order valence-electron chi connectivity index (χ4n) is 0.813. The highest BCUT2D eigenvalue weighted by Crippen LogP contribution is 2.13. The van der Waals surface area contributed by atoms with E-state index in [0.29, 0.717) is 0 Å². The number of alkyl halides is 2. The number of benzene rings is 1. The maximum atomic E-state index is 12.3. The molecule has 0 unspecified atom stereocenters. The Labute approximate surface area is 70.4 Å². The van der Waals surface area contributed by atoms with E-state index in [1.54, 1.807) is 24.3 Å². The van der Waals surface area contributed by atoms with E-state index >= 15 is 0 Å². The standard InChI is InChI=1S/C9H11F2N/c1-9(10,11)7-12-8-5-3-2-4-6-8/h2-6,12H,7H2,1H3. The Morgan fingerprint density at radius 1 is 1.25 bits per heavy atom. The third-order valence-corrected chi connectivity index (χ3v) is 1.38. The van der Waals surface area contributed by atoms with Crippen LogP contribution in [0.5, 0.6) is 0 Å². The largest absolute Gasteiger partial charge is 0.379 e. The van der Waals surface area contributed by atoms with Crippen molar-refractivity contribution in [2.75, 3.05) is 11.9 Å². The van der Waals surface area contributed by atoms with E-state index in [4.69, 9.17) is 0 Å². The molecule has 0 aromatic heterocycles. The molecule has 0 atom stereocenters. The summed E-state index contributed by atoms with van der Waals surface area (Å²) in [6.07, 6.45) is 0. The monoisotopic (exact) mass is 171 g/mol. The van der Waals surface area contributed by atoms with Gasteiger partial charge in [0.15, 0.2) is 0 Å². The Balaban J connectivity index is 2.44. The van der Waals surface area contributed by atoms with Gasteiger partial charge in [-0.25, -0.2) is 8.78 Å². The minimum Gasteiger partial charge on any atom is -0.379 e. The third-order valence-electron chi connectivity index (χ3n) is 1.38. The lowest BCUT2D eigenvalue weighted by Gasteiger charge is -2.11. The van der Waals surface area contributed by atoms with E-state index in [1.165, 1.54) is 0 Å². The first-order valence-corrected chi connectivity index (χ1v) is 3.75. The van der Waals surface area contributed by atoms with Crippen LogP contribution < -0.4 is 5.32 Å². The van der Waals surface area contributed by atoms with Gasteiger partial charge in [-0.1, -0.05) is 18.2 Å². The molecule has 0 saturated carbocycles. The molecule has 1 aromatic rings. The van der Waals surface area contributed by atoms with Gasteiger partial charge in [0.2, 0.25) is 0 Å². The molecule has 0 bridgehead atoms. The van der Waals surface area contributed by atoms with Gasteiger partial charge in [0.05, 0.1) is 6.54 Å². The second kappa shape index (κ2) is 3.52. The number of hydrogen-bond acceptors (Lipinski definition) is 1. The number of para-hydroxylation sites is 1. The van der Waals surface area contributed by atoms with Gasteiger partial charge in [0.1, 0.15) is 0 Å². The highest BCUT2D eigenvalue weighted by atomic mass is 19.3. The highest BCUT2D eigenvalue weighted by Gasteiger charge is 2.19. The van der Waals surface area contributed by atoms with E-state index in [1.807, 2.05) is 6.07 Å². The summed E-state index contributed by atoms with van der Waals surface area (Å²) in [5.74, 6) is -2.66.